The predicted molar refractivity (Wildman–Crippen MR) is 276 cm³/mol. The molecule has 66 heavy (non-hydrogen) atoms. The van der Waals surface area contributed by atoms with Gasteiger partial charge < -0.3 is 18.0 Å². The first-order valence-electron chi connectivity index (χ1n) is 22.6. The average molecular weight is 841 g/mol. The van der Waals surface area contributed by atoms with Crippen LogP contribution >= 0.6 is 0 Å². The lowest BCUT2D eigenvalue weighted by Gasteiger charge is -2.13. The maximum absolute atomic E-state index is 7.27. The summed E-state index contributed by atoms with van der Waals surface area (Å²) >= 11 is 0. The molecule has 0 unspecified atom stereocenters. The molecule has 306 valence electrons. The Balaban J connectivity index is 1.02. The molecular weight excluding hydrogens is 805 g/mol. The molecule has 15 aromatic rings. The first-order valence-corrected chi connectivity index (χ1v) is 22.6. The third-order valence-electron chi connectivity index (χ3n) is 14.0. The normalized spacial score (nSPS) is 12.2. The molecule has 4 heteroatoms. The minimum absolute atomic E-state index is 0.839. The van der Waals surface area contributed by atoms with E-state index in [4.69, 9.17) is 8.83 Å². The van der Waals surface area contributed by atoms with Crippen LogP contribution in [0.5, 0.6) is 0 Å². The highest BCUT2D eigenvalue weighted by molar-refractivity contribution is 6.33. The van der Waals surface area contributed by atoms with Crippen molar-refractivity contribution in [2.24, 2.45) is 0 Å². The van der Waals surface area contributed by atoms with Gasteiger partial charge in [-0.05, 0) is 105 Å². The Morgan fingerprint density at radius 2 is 0.621 bits per heavy atom. The third kappa shape index (κ3) is 4.93. The second-order valence-corrected chi connectivity index (χ2v) is 17.6. The van der Waals surface area contributed by atoms with Gasteiger partial charge in [-0.2, -0.15) is 0 Å². The molecule has 0 fully saturated rings. The molecule has 15 rings (SSSR count). The first-order chi connectivity index (χ1) is 32.7. The fraction of sp³-hybridized carbons (Fsp3) is 0. The van der Waals surface area contributed by atoms with Gasteiger partial charge in [0.15, 0.2) is 0 Å². The molecule has 0 aliphatic rings. The maximum atomic E-state index is 7.27. The van der Waals surface area contributed by atoms with Gasteiger partial charge in [-0.15, -0.1) is 0 Å². The molecule has 4 aromatic heterocycles. The number of hydrogen-bond acceptors (Lipinski definition) is 2. The lowest BCUT2D eigenvalue weighted by Crippen LogP contribution is -1.93. The van der Waals surface area contributed by atoms with E-state index in [2.05, 4.69) is 228 Å². The van der Waals surface area contributed by atoms with Crippen LogP contribution in [-0.2, 0) is 0 Å². The average Bonchev–Trinajstić information content (AvgIpc) is 4.12. The van der Waals surface area contributed by atoms with Crippen molar-refractivity contribution in [1.82, 2.24) is 9.13 Å². The quantitative estimate of drug-likeness (QED) is 0.177. The Morgan fingerprint density at radius 1 is 0.273 bits per heavy atom. The SMILES string of the molecule is c1ccc(-c2c(-c3ccccc3)c3oc4cc5cc(-n6c7ccccc7c7ccccc76)ccc5cc4c3c3c2oc2cc4cc(-n5c6ccccc6c6ccccc65)ccc4cc23)cc1. The van der Waals surface area contributed by atoms with Crippen LogP contribution in [0.1, 0.15) is 0 Å². The Kier molecular flexibility index (Phi) is 7.19. The molecule has 0 saturated heterocycles. The summed E-state index contributed by atoms with van der Waals surface area (Å²) in [6.45, 7) is 0. The molecule has 11 aromatic carbocycles. The van der Waals surface area contributed by atoms with Crippen molar-refractivity contribution in [3.05, 3.63) is 218 Å². The van der Waals surface area contributed by atoms with E-state index >= 15 is 0 Å². The van der Waals surface area contributed by atoms with Gasteiger partial charge in [0.25, 0.3) is 0 Å². The summed E-state index contributed by atoms with van der Waals surface area (Å²) in [5.41, 5.74) is 14.5. The van der Waals surface area contributed by atoms with Crippen molar-refractivity contribution in [3.8, 4) is 33.6 Å². The molecule has 0 atom stereocenters. The fourth-order valence-corrected chi connectivity index (χ4v) is 11.2. The van der Waals surface area contributed by atoms with E-state index in [0.29, 0.717) is 0 Å². The number of nitrogens with zero attached hydrogens (tertiary/aromatic N) is 2. The molecule has 0 aliphatic heterocycles. The number of furan rings is 2. The summed E-state index contributed by atoms with van der Waals surface area (Å²) in [7, 11) is 0. The van der Waals surface area contributed by atoms with Crippen LogP contribution in [0, 0.1) is 0 Å². The smallest absolute Gasteiger partial charge is 0.144 e. The van der Waals surface area contributed by atoms with E-state index in [0.717, 1.165) is 99.1 Å². The Morgan fingerprint density at radius 3 is 1.00 bits per heavy atom. The van der Waals surface area contributed by atoms with Crippen molar-refractivity contribution in [2.75, 3.05) is 0 Å². The Bertz CT molecular complexity index is 4110. The molecule has 0 saturated carbocycles. The maximum Gasteiger partial charge on any atom is 0.144 e. The van der Waals surface area contributed by atoms with Crippen molar-refractivity contribution in [3.63, 3.8) is 0 Å². The van der Waals surface area contributed by atoms with Gasteiger partial charge in [0.1, 0.15) is 22.3 Å². The highest BCUT2D eigenvalue weighted by Crippen LogP contribution is 2.51. The monoisotopic (exact) mass is 840 g/mol. The zero-order valence-electron chi connectivity index (χ0n) is 35.5. The van der Waals surface area contributed by atoms with E-state index in [1.165, 1.54) is 43.6 Å². The predicted octanol–water partition coefficient (Wildman–Crippen LogP) is 17.3. The third-order valence-corrected chi connectivity index (χ3v) is 14.0. The molecular formula is C62H36N2O2. The summed E-state index contributed by atoms with van der Waals surface area (Å²) in [6.07, 6.45) is 0. The van der Waals surface area contributed by atoms with E-state index in [9.17, 15) is 0 Å². The number of fused-ring (bicyclic) bond motifs is 15. The van der Waals surface area contributed by atoms with Crippen molar-refractivity contribution < 1.29 is 8.83 Å². The number of hydrogen-bond donors (Lipinski definition) is 0. The van der Waals surface area contributed by atoms with E-state index in [1.807, 2.05) is 0 Å². The number of para-hydroxylation sites is 4. The highest BCUT2D eigenvalue weighted by atomic mass is 16.3. The topological polar surface area (TPSA) is 36.1 Å². The zero-order chi connectivity index (χ0) is 43.0. The minimum Gasteiger partial charge on any atom is -0.455 e. The summed E-state index contributed by atoms with van der Waals surface area (Å²) in [6, 6.07) is 78.7. The van der Waals surface area contributed by atoms with E-state index < -0.39 is 0 Å². The molecule has 4 nitrogen and oxygen atoms in total. The second-order valence-electron chi connectivity index (χ2n) is 17.6. The number of benzene rings is 11. The van der Waals surface area contributed by atoms with Crippen LogP contribution in [0.15, 0.2) is 227 Å². The summed E-state index contributed by atoms with van der Waals surface area (Å²) in [5.74, 6) is 0. The van der Waals surface area contributed by atoms with Crippen molar-refractivity contribution in [2.45, 2.75) is 0 Å². The van der Waals surface area contributed by atoms with E-state index in [-0.39, 0.29) is 0 Å². The Hall–Kier alpha value is -8.86. The summed E-state index contributed by atoms with van der Waals surface area (Å²) in [5, 5.41) is 13.8. The molecule has 0 N–H and O–H groups in total. The Labute approximate surface area is 377 Å². The largest absolute Gasteiger partial charge is 0.455 e. The van der Waals surface area contributed by atoms with Crippen LogP contribution in [0.3, 0.4) is 0 Å². The van der Waals surface area contributed by atoms with Crippen molar-refractivity contribution in [1.29, 1.82) is 0 Å². The fourth-order valence-electron chi connectivity index (χ4n) is 11.2. The second kappa shape index (κ2) is 13.3. The van der Waals surface area contributed by atoms with E-state index in [1.54, 1.807) is 0 Å². The van der Waals surface area contributed by atoms with Crippen LogP contribution in [-0.4, -0.2) is 9.13 Å². The van der Waals surface area contributed by atoms with Gasteiger partial charge in [-0.1, -0.05) is 146 Å². The lowest BCUT2D eigenvalue weighted by molar-refractivity contribution is 0.665. The molecule has 0 amide bonds. The first kappa shape index (κ1) is 35.6. The van der Waals surface area contributed by atoms with Gasteiger partial charge >= 0.3 is 0 Å². The highest BCUT2D eigenvalue weighted by Gasteiger charge is 2.27. The minimum atomic E-state index is 0.839. The van der Waals surface area contributed by atoms with Gasteiger partial charge in [0.2, 0.25) is 0 Å². The van der Waals surface area contributed by atoms with Crippen LogP contribution in [0.4, 0.5) is 0 Å². The van der Waals surface area contributed by atoms with Crippen molar-refractivity contribution >= 4 is 109 Å². The van der Waals surface area contributed by atoms with Gasteiger partial charge in [0.05, 0.1) is 22.1 Å². The molecule has 0 radical (unpaired) electrons. The lowest BCUT2D eigenvalue weighted by atomic mass is 9.89. The standard InChI is InChI=1S/C62H36N2O2/c1-3-15-37(16-4-1)57-58(38-17-5-2-6-18-38)62-60(50-34-40-28-30-44(32-42(40)36-56(50)66-62)64-53-25-13-9-21-47(53)48-22-10-14-26-54(48)64)59-49-33-39-27-29-43(31-41(39)35-55(49)65-61(57)59)63-51-23-11-7-19-45(51)46-20-8-12-24-52(46)63/h1-36H. The van der Waals surface area contributed by atoms with Gasteiger partial charge in [0, 0.05) is 65.6 Å². The summed E-state index contributed by atoms with van der Waals surface area (Å²) < 4.78 is 19.3. The molecule has 4 heterocycles. The molecule has 0 spiro atoms. The van der Waals surface area contributed by atoms with Crippen LogP contribution < -0.4 is 0 Å². The van der Waals surface area contributed by atoms with Crippen LogP contribution in [0.2, 0.25) is 0 Å². The summed E-state index contributed by atoms with van der Waals surface area (Å²) in [4.78, 5) is 0. The van der Waals surface area contributed by atoms with Gasteiger partial charge in [-0.3, -0.25) is 0 Å². The molecule has 0 bridgehead atoms. The number of aromatic nitrogens is 2. The van der Waals surface area contributed by atoms with Crippen LogP contribution in [0.25, 0.3) is 143 Å². The zero-order valence-corrected chi connectivity index (χ0v) is 35.5. The molecule has 0 aliphatic carbocycles. The van der Waals surface area contributed by atoms with Gasteiger partial charge in [-0.25, -0.2) is 0 Å². The number of rotatable bonds is 4.